The third-order valence-corrected chi connectivity index (χ3v) is 2.24. The Morgan fingerprint density at radius 1 is 1.11 bits per heavy atom. The van der Waals surface area contributed by atoms with Crippen LogP contribution in [0.1, 0.15) is 41.0 Å². The highest BCUT2D eigenvalue weighted by Crippen LogP contribution is 2.29. The van der Waals surface area contributed by atoms with E-state index in [2.05, 4.69) is 54.9 Å². The maximum absolute atomic E-state index is 5.60. The number of nitrogens with two attached hydrogens (primary N) is 1. The summed E-state index contributed by atoms with van der Waals surface area (Å²) in [7, 11) is 1.50. The quantitative estimate of drug-likeness (QED) is 0.854. The summed E-state index contributed by atoms with van der Waals surface area (Å²) in [6.07, 6.45) is 0.966. The molecule has 6 nitrogen and oxygen atoms in total. The number of methoxy groups -OCH3 is 1. The van der Waals surface area contributed by atoms with E-state index in [9.17, 15) is 0 Å². The highest BCUT2D eigenvalue weighted by molar-refractivity contribution is 5.35. The first kappa shape index (κ1) is 14.5. The predicted molar refractivity (Wildman–Crippen MR) is 72.6 cm³/mol. The van der Waals surface area contributed by atoms with Crippen molar-refractivity contribution >= 4 is 11.9 Å². The van der Waals surface area contributed by atoms with Gasteiger partial charge in [0.25, 0.3) is 0 Å². The Kier molecular flexibility index (Phi) is 3.98. The molecule has 0 spiro atoms. The Hall–Kier alpha value is -1.59. The van der Waals surface area contributed by atoms with Crippen LogP contribution in [0.4, 0.5) is 11.9 Å². The molecule has 0 aliphatic heterocycles. The summed E-state index contributed by atoms with van der Waals surface area (Å²) in [5.41, 5.74) is 5.66. The molecule has 102 valence electrons. The lowest BCUT2D eigenvalue weighted by Gasteiger charge is -2.33. The zero-order chi connectivity index (χ0) is 14.0. The first-order valence-electron chi connectivity index (χ1n) is 5.95. The summed E-state index contributed by atoms with van der Waals surface area (Å²) in [5, 5.41) is 3.27. The Balaban J connectivity index is 2.86. The molecule has 0 aliphatic rings. The fraction of sp³-hybridized carbons (Fsp3) is 0.750. The maximum Gasteiger partial charge on any atom is 0.322 e. The number of nitrogens with zero attached hydrogens (tertiary/aromatic N) is 3. The summed E-state index contributed by atoms with van der Waals surface area (Å²) in [6.45, 7) is 10.8. The molecule has 6 heteroatoms. The van der Waals surface area contributed by atoms with Gasteiger partial charge in [0, 0.05) is 5.54 Å². The van der Waals surface area contributed by atoms with E-state index in [-0.39, 0.29) is 22.9 Å². The number of hydrogen-bond donors (Lipinski definition) is 2. The minimum Gasteiger partial charge on any atom is -0.467 e. The van der Waals surface area contributed by atoms with E-state index in [1.165, 1.54) is 7.11 Å². The fourth-order valence-electron chi connectivity index (χ4n) is 2.19. The Morgan fingerprint density at radius 3 is 2.22 bits per heavy atom. The molecule has 0 fully saturated rings. The van der Waals surface area contributed by atoms with Crippen LogP contribution in [0.3, 0.4) is 0 Å². The number of hydrogen-bond acceptors (Lipinski definition) is 6. The predicted octanol–water partition coefficient (Wildman–Crippen LogP) is 2.09. The summed E-state index contributed by atoms with van der Waals surface area (Å²) in [6, 6.07) is 0.219. The van der Waals surface area contributed by atoms with Gasteiger partial charge < -0.3 is 15.8 Å². The molecule has 0 unspecified atom stereocenters. The van der Waals surface area contributed by atoms with Crippen molar-refractivity contribution in [1.82, 2.24) is 15.0 Å². The molecule has 1 heterocycles. The van der Waals surface area contributed by atoms with Crippen molar-refractivity contribution in [2.45, 2.75) is 46.6 Å². The molecule has 0 saturated heterocycles. The third-order valence-electron chi connectivity index (χ3n) is 2.24. The zero-order valence-electron chi connectivity index (χ0n) is 12.0. The second-order valence-electron chi connectivity index (χ2n) is 6.25. The van der Waals surface area contributed by atoms with E-state index in [4.69, 9.17) is 10.5 Å². The first-order valence-corrected chi connectivity index (χ1v) is 5.95. The van der Waals surface area contributed by atoms with Crippen molar-refractivity contribution in [2.75, 3.05) is 18.2 Å². The smallest absolute Gasteiger partial charge is 0.322 e. The van der Waals surface area contributed by atoms with Crippen LogP contribution in [-0.2, 0) is 0 Å². The number of nitrogens with one attached hydrogen (secondary N) is 1. The number of rotatable bonds is 4. The van der Waals surface area contributed by atoms with E-state index in [0.29, 0.717) is 5.95 Å². The number of aromatic nitrogens is 3. The summed E-state index contributed by atoms with van der Waals surface area (Å²) in [4.78, 5) is 12.0. The molecule has 1 rings (SSSR count). The van der Waals surface area contributed by atoms with Crippen LogP contribution >= 0.6 is 0 Å². The Labute approximate surface area is 108 Å². The normalized spacial score (nSPS) is 12.3. The summed E-state index contributed by atoms with van der Waals surface area (Å²) >= 11 is 0. The van der Waals surface area contributed by atoms with E-state index in [1.54, 1.807) is 0 Å². The molecule has 0 aliphatic carbocycles. The molecule has 0 amide bonds. The van der Waals surface area contributed by atoms with E-state index >= 15 is 0 Å². The molecule has 1 aromatic rings. The number of ether oxygens (including phenoxy) is 1. The van der Waals surface area contributed by atoms with Gasteiger partial charge in [-0.3, -0.25) is 0 Å². The van der Waals surface area contributed by atoms with Crippen molar-refractivity contribution < 1.29 is 4.74 Å². The fourth-order valence-corrected chi connectivity index (χ4v) is 2.19. The minimum absolute atomic E-state index is 0.142. The molecule has 0 radical (unpaired) electrons. The average Bonchev–Trinajstić information content (AvgIpc) is 2.11. The van der Waals surface area contributed by atoms with Crippen molar-refractivity contribution in [1.29, 1.82) is 0 Å². The molecule has 0 aromatic carbocycles. The Bertz CT molecular complexity index is 411. The largest absolute Gasteiger partial charge is 0.467 e. The highest BCUT2D eigenvalue weighted by Gasteiger charge is 2.26. The maximum atomic E-state index is 5.60. The molecule has 0 saturated carbocycles. The van der Waals surface area contributed by atoms with Gasteiger partial charge in [-0.05, 0) is 25.7 Å². The van der Waals surface area contributed by atoms with Crippen LogP contribution in [0.25, 0.3) is 0 Å². The lowest BCUT2D eigenvalue weighted by Crippen LogP contribution is -2.36. The topological polar surface area (TPSA) is 86.0 Å². The van der Waals surface area contributed by atoms with Gasteiger partial charge in [0.05, 0.1) is 7.11 Å². The van der Waals surface area contributed by atoms with Gasteiger partial charge in [0.1, 0.15) is 0 Å². The van der Waals surface area contributed by atoms with Crippen molar-refractivity contribution in [3.8, 4) is 6.01 Å². The average molecular weight is 253 g/mol. The van der Waals surface area contributed by atoms with Gasteiger partial charge in [0.15, 0.2) is 0 Å². The molecule has 1 aromatic heterocycles. The summed E-state index contributed by atoms with van der Waals surface area (Å²) < 4.78 is 4.97. The lowest BCUT2D eigenvalue weighted by atomic mass is 9.82. The second-order valence-corrected chi connectivity index (χ2v) is 6.25. The van der Waals surface area contributed by atoms with Gasteiger partial charge in [-0.25, -0.2) is 0 Å². The third kappa shape index (κ3) is 4.73. The first-order chi connectivity index (χ1) is 8.11. The van der Waals surface area contributed by atoms with Crippen molar-refractivity contribution in [3.05, 3.63) is 0 Å². The van der Waals surface area contributed by atoms with Crippen LogP contribution < -0.4 is 15.8 Å². The van der Waals surface area contributed by atoms with Crippen LogP contribution in [0.5, 0.6) is 6.01 Å². The van der Waals surface area contributed by atoms with E-state index < -0.39 is 0 Å². The Morgan fingerprint density at radius 2 is 1.72 bits per heavy atom. The molecule has 0 bridgehead atoms. The van der Waals surface area contributed by atoms with Crippen molar-refractivity contribution in [2.24, 2.45) is 5.41 Å². The van der Waals surface area contributed by atoms with E-state index in [1.807, 2.05) is 0 Å². The molecular formula is C12H23N5O. The number of anilines is 2. The molecule has 18 heavy (non-hydrogen) atoms. The lowest BCUT2D eigenvalue weighted by molar-refractivity contribution is 0.301. The van der Waals surface area contributed by atoms with Gasteiger partial charge in [-0.1, -0.05) is 20.8 Å². The molecular weight excluding hydrogens is 230 g/mol. The zero-order valence-corrected chi connectivity index (χ0v) is 12.0. The minimum atomic E-state index is -0.142. The van der Waals surface area contributed by atoms with Gasteiger partial charge in [-0.15, -0.1) is 0 Å². The van der Waals surface area contributed by atoms with Gasteiger partial charge in [-0.2, -0.15) is 15.0 Å². The van der Waals surface area contributed by atoms with Crippen LogP contribution in [-0.4, -0.2) is 27.6 Å². The van der Waals surface area contributed by atoms with Crippen LogP contribution in [0, 0.1) is 5.41 Å². The molecule has 3 N–H and O–H groups in total. The highest BCUT2D eigenvalue weighted by atomic mass is 16.5. The standard InChI is InChI=1S/C12H23N5O/c1-11(2,3)7-12(4,5)17-9-14-8(13)15-10(16-9)18-6/h7H2,1-6H3,(H3,13,14,15,16,17). The van der Waals surface area contributed by atoms with Crippen LogP contribution in [0.15, 0.2) is 0 Å². The van der Waals surface area contributed by atoms with E-state index in [0.717, 1.165) is 6.42 Å². The SMILES string of the molecule is COc1nc(N)nc(NC(C)(C)CC(C)(C)C)n1. The van der Waals surface area contributed by atoms with Gasteiger partial charge >= 0.3 is 6.01 Å². The van der Waals surface area contributed by atoms with Gasteiger partial charge in [0.2, 0.25) is 11.9 Å². The monoisotopic (exact) mass is 253 g/mol. The summed E-state index contributed by atoms with van der Waals surface area (Å²) in [5.74, 6) is 0.588. The van der Waals surface area contributed by atoms with Crippen molar-refractivity contribution in [3.63, 3.8) is 0 Å². The van der Waals surface area contributed by atoms with Crippen LogP contribution in [0.2, 0.25) is 0 Å². The number of nitrogen functional groups attached to an aromatic ring is 1. The second kappa shape index (κ2) is 4.96. The molecule has 0 atom stereocenters.